The minimum Gasteiger partial charge on any atom is -0.326 e. The van der Waals surface area contributed by atoms with Crippen molar-refractivity contribution in [3.63, 3.8) is 0 Å². The maximum Gasteiger partial charge on any atom is 0.221 e. The Morgan fingerprint density at radius 1 is 1.05 bits per heavy atom. The van der Waals surface area contributed by atoms with Gasteiger partial charge < -0.3 is 5.32 Å². The van der Waals surface area contributed by atoms with E-state index in [0.717, 1.165) is 0 Å². The average molecular weight is 324 g/mol. The molecule has 0 aromatic heterocycles. The van der Waals surface area contributed by atoms with Gasteiger partial charge in [-0.05, 0) is 29.8 Å². The molecular formula is C15H14ClNO3S. The summed E-state index contributed by atoms with van der Waals surface area (Å²) in [6.07, 6.45) is 0. The number of carbonyl (C=O) groups is 1. The maximum absolute atomic E-state index is 12.4. The van der Waals surface area contributed by atoms with E-state index in [1.165, 1.54) is 31.2 Å². The molecule has 2 rings (SSSR count). The lowest BCUT2D eigenvalue weighted by atomic mass is 10.2. The predicted octanol–water partition coefficient (Wildman–Crippen LogP) is 3.36. The molecule has 0 unspecified atom stereocenters. The molecule has 0 saturated heterocycles. The number of carbonyl (C=O) groups excluding carboxylic acids is 1. The number of sulfone groups is 1. The number of hydrogen-bond acceptors (Lipinski definition) is 3. The van der Waals surface area contributed by atoms with Gasteiger partial charge in [-0.25, -0.2) is 8.42 Å². The topological polar surface area (TPSA) is 63.2 Å². The molecule has 1 atom stereocenters. The third-order valence-corrected chi connectivity index (χ3v) is 5.54. The van der Waals surface area contributed by atoms with Crippen LogP contribution in [0.15, 0.2) is 59.5 Å². The minimum absolute atomic E-state index is 0.112. The van der Waals surface area contributed by atoms with Crippen LogP contribution in [0.5, 0.6) is 0 Å². The number of hydrogen-bond donors (Lipinski definition) is 1. The van der Waals surface area contributed by atoms with Gasteiger partial charge >= 0.3 is 0 Å². The van der Waals surface area contributed by atoms with Gasteiger partial charge in [0.05, 0.1) is 4.90 Å². The summed E-state index contributed by atoms with van der Waals surface area (Å²) < 4.78 is 23.7. The van der Waals surface area contributed by atoms with Crippen molar-refractivity contribution in [1.29, 1.82) is 0 Å². The largest absolute Gasteiger partial charge is 0.326 e. The highest BCUT2D eigenvalue weighted by atomic mass is 35.5. The van der Waals surface area contributed by atoms with E-state index in [1.54, 1.807) is 30.3 Å². The van der Waals surface area contributed by atoms with E-state index in [2.05, 4.69) is 5.32 Å². The van der Waals surface area contributed by atoms with Crippen molar-refractivity contribution >= 4 is 33.0 Å². The minimum atomic E-state index is -3.68. The van der Waals surface area contributed by atoms with Gasteiger partial charge in [-0.15, -0.1) is 0 Å². The highest BCUT2D eigenvalue weighted by molar-refractivity contribution is 7.92. The lowest BCUT2D eigenvalue weighted by Gasteiger charge is -2.12. The van der Waals surface area contributed by atoms with Gasteiger partial charge in [0.15, 0.2) is 14.5 Å². The molecule has 1 amide bonds. The zero-order valence-corrected chi connectivity index (χ0v) is 12.9. The Bertz CT molecular complexity index is 727. The van der Waals surface area contributed by atoms with Crippen molar-refractivity contribution in [2.75, 3.05) is 5.32 Å². The van der Waals surface area contributed by atoms with Crippen LogP contribution >= 0.6 is 11.6 Å². The Labute approximate surface area is 128 Å². The first-order chi connectivity index (χ1) is 9.91. The van der Waals surface area contributed by atoms with Gasteiger partial charge in [0, 0.05) is 12.6 Å². The van der Waals surface area contributed by atoms with E-state index in [9.17, 15) is 13.2 Å². The van der Waals surface area contributed by atoms with Gasteiger partial charge in [-0.1, -0.05) is 41.9 Å². The first-order valence-corrected chi connectivity index (χ1v) is 8.20. The predicted molar refractivity (Wildman–Crippen MR) is 83.0 cm³/mol. The number of benzene rings is 2. The molecule has 4 nitrogen and oxygen atoms in total. The monoisotopic (exact) mass is 323 g/mol. The number of alkyl halides is 1. The van der Waals surface area contributed by atoms with Crippen LogP contribution < -0.4 is 5.32 Å². The van der Waals surface area contributed by atoms with Crippen molar-refractivity contribution in [2.45, 2.75) is 16.5 Å². The van der Waals surface area contributed by atoms with Crippen LogP contribution in [0.4, 0.5) is 5.69 Å². The van der Waals surface area contributed by atoms with Crippen molar-refractivity contribution in [3.05, 3.63) is 60.2 Å². The smallest absolute Gasteiger partial charge is 0.221 e. The van der Waals surface area contributed by atoms with Crippen molar-refractivity contribution in [1.82, 2.24) is 0 Å². The molecule has 2 aromatic rings. The van der Waals surface area contributed by atoms with Crippen LogP contribution in [0.2, 0.25) is 0 Å². The number of amides is 1. The lowest BCUT2D eigenvalue weighted by molar-refractivity contribution is -0.114. The summed E-state index contributed by atoms with van der Waals surface area (Å²) in [4.78, 5) is 11.0. The summed E-state index contributed by atoms with van der Waals surface area (Å²) in [6, 6.07) is 14.5. The Hall–Kier alpha value is -1.85. The van der Waals surface area contributed by atoms with Gasteiger partial charge in [0.2, 0.25) is 5.91 Å². The molecule has 0 spiro atoms. The van der Waals surface area contributed by atoms with Crippen LogP contribution in [0.3, 0.4) is 0 Å². The molecule has 0 heterocycles. The summed E-state index contributed by atoms with van der Waals surface area (Å²) in [7, 11) is -3.68. The van der Waals surface area contributed by atoms with Crippen LogP contribution in [-0.2, 0) is 14.6 Å². The molecule has 0 aliphatic rings. The maximum atomic E-state index is 12.4. The molecule has 110 valence electrons. The summed E-state index contributed by atoms with van der Waals surface area (Å²) in [5.74, 6) is -0.217. The fourth-order valence-corrected chi connectivity index (χ4v) is 3.56. The summed E-state index contributed by atoms with van der Waals surface area (Å²) >= 11 is 6.10. The number of anilines is 1. The second-order valence-electron chi connectivity index (χ2n) is 4.48. The third kappa shape index (κ3) is 3.62. The van der Waals surface area contributed by atoms with Gasteiger partial charge in [0.1, 0.15) is 0 Å². The Kier molecular flexibility index (Phi) is 4.65. The van der Waals surface area contributed by atoms with Gasteiger partial charge in [0.25, 0.3) is 0 Å². The number of nitrogens with one attached hydrogen (secondary N) is 1. The van der Waals surface area contributed by atoms with E-state index in [4.69, 9.17) is 11.6 Å². The van der Waals surface area contributed by atoms with E-state index in [1.807, 2.05) is 0 Å². The van der Waals surface area contributed by atoms with Crippen molar-refractivity contribution in [3.8, 4) is 0 Å². The van der Waals surface area contributed by atoms with E-state index in [-0.39, 0.29) is 10.8 Å². The van der Waals surface area contributed by atoms with Crippen LogP contribution in [0.25, 0.3) is 0 Å². The summed E-state index contributed by atoms with van der Waals surface area (Å²) in [6.45, 7) is 1.38. The number of rotatable bonds is 4. The standard InChI is InChI=1S/C15H14ClNO3S/c1-11(18)17-13-7-9-14(10-8-13)21(19,20)15(16)12-5-3-2-4-6-12/h2-10,15H,1H3,(H,17,18)/t15-/m0/s1. The van der Waals surface area contributed by atoms with Crippen LogP contribution in [0.1, 0.15) is 17.2 Å². The lowest BCUT2D eigenvalue weighted by Crippen LogP contribution is -2.09. The molecule has 0 aliphatic heterocycles. The second kappa shape index (κ2) is 6.28. The van der Waals surface area contributed by atoms with E-state index >= 15 is 0 Å². The van der Waals surface area contributed by atoms with Gasteiger partial charge in [-0.3, -0.25) is 4.79 Å². The molecule has 0 aliphatic carbocycles. The normalized spacial score (nSPS) is 12.7. The van der Waals surface area contributed by atoms with Crippen molar-refractivity contribution < 1.29 is 13.2 Å². The van der Waals surface area contributed by atoms with E-state index in [0.29, 0.717) is 11.3 Å². The van der Waals surface area contributed by atoms with E-state index < -0.39 is 14.5 Å². The SMILES string of the molecule is CC(=O)Nc1ccc(S(=O)(=O)[C@H](Cl)c2ccccc2)cc1. The first kappa shape index (κ1) is 15.5. The molecule has 2 aromatic carbocycles. The fourth-order valence-electron chi connectivity index (χ4n) is 1.83. The molecule has 0 saturated carbocycles. The third-order valence-electron chi connectivity index (χ3n) is 2.84. The Morgan fingerprint density at radius 3 is 2.14 bits per heavy atom. The van der Waals surface area contributed by atoms with Crippen LogP contribution in [0, 0.1) is 0 Å². The number of halogens is 1. The molecule has 21 heavy (non-hydrogen) atoms. The second-order valence-corrected chi connectivity index (χ2v) is 7.21. The molecule has 0 bridgehead atoms. The van der Waals surface area contributed by atoms with Crippen LogP contribution in [-0.4, -0.2) is 14.3 Å². The highest BCUT2D eigenvalue weighted by Crippen LogP contribution is 2.32. The fraction of sp³-hybridized carbons (Fsp3) is 0.133. The summed E-state index contributed by atoms with van der Waals surface area (Å²) in [5.41, 5.74) is 1.05. The summed E-state index contributed by atoms with van der Waals surface area (Å²) in [5, 5.41) is 2.58. The molecular weight excluding hydrogens is 310 g/mol. The molecule has 1 N–H and O–H groups in total. The van der Waals surface area contributed by atoms with Gasteiger partial charge in [-0.2, -0.15) is 0 Å². The Balaban J connectivity index is 2.29. The zero-order chi connectivity index (χ0) is 15.5. The van der Waals surface area contributed by atoms with Crippen molar-refractivity contribution in [2.24, 2.45) is 0 Å². The molecule has 6 heteroatoms. The first-order valence-electron chi connectivity index (χ1n) is 6.22. The zero-order valence-electron chi connectivity index (χ0n) is 11.3. The highest BCUT2D eigenvalue weighted by Gasteiger charge is 2.26. The molecule has 0 radical (unpaired) electrons. The average Bonchev–Trinajstić information content (AvgIpc) is 2.47. The quantitative estimate of drug-likeness (QED) is 0.877. The molecule has 0 fully saturated rings. The Morgan fingerprint density at radius 2 is 1.62 bits per heavy atom.